The third-order valence-corrected chi connectivity index (χ3v) is 4.02. The minimum Gasteiger partial charge on any atom is -0.481 e. The summed E-state index contributed by atoms with van der Waals surface area (Å²) in [6, 6.07) is 11.3. The van der Waals surface area contributed by atoms with Crippen LogP contribution in [0.1, 0.15) is 24.7 Å². The van der Waals surface area contributed by atoms with Gasteiger partial charge in [0, 0.05) is 12.4 Å². The number of rotatable bonds is 6. The summed E-state index contributed by atoms with van der Waals surface area (Å²) in [5.74, 6) is 2.10. The Kier molecular flexibility index (Phi) is 5.31. The fourth-order valence-corrected chi connectivity index (χ4v) is 2.62. The van der Waals surface area contributed by atoms with Gasteiger partial charge >= 0.3 is 0 Å². The Balaban J connectivity index is 1.67. The highest BCUT2D eigenvalue weighted by atomic mass is 16.5. The van der Waals surface area contributed by atoms with Crippen LogP contribution in [0.15, 0.2) is 55.0 Å². The first-order chi connectivity index (χ1) is 12.6. The number of carbonyl (C=O) groups excluding carboxylic acids is 1. The number of hydrogen-bond acceptors (Lipinski definition) is 4. The molecule has 6 heteroatoms. The van der Waals surface area contributed by atoms with Gasteiger partial charge in [-0.15, -0.1) is 0 Å². The van der Waals surface area contributed by atoms with Gasteiger partial charge in [-0.1, -0.05) is 19.1 Å². The normalized spacial score (nSPS) is 11.8. The number of hydrogen-bond donors (Lipinski definition) is 1. The van der Waals surface area contributed by atoms with Crippen LogP contribution in [0.4, 0.5) is 5.69 Å². The van der Waals surface area contributed by atoms with Gasteiger partial charge in [0.05, 0.1) is 11.9 Å². The van der Waals surface area contributed by atoms with E-state index in [1.165, 1.54) is 0 Å². The highest BCUT2D eigenvalue weighted by molar-refractivity contribution is 5.94. The summed E-state index contributed by atoms with van der Waals surface area (Å²) >= 11 is 0. The van der Waals surface area contributed by atoms with Gasteiger partial charge in [-0.2, -0.15) is 0 Å². The van der Waals surface area contributed by atoms with E-state index in [-0.39, 0.29) is 5.91 Å². The molecule has 134 valence electrons. The number of anilines is 1. The van der Waals surface area contributed by atoms with Crippen LogP contribution in [0.3, 0.4) is 0 Å². The molecule has 3 aromatic rings. The van der Waals surface area contributed by atoms with Crippen molar-refractivity contribution >= 4 is 11.6 Å². The number of amides is 1. The van der Waals surface area contributed by atoms with Crippen LogP contribution in [-0.2, 0) is 4.79 Å². The lowest BCUT2D eigenvalue weighted by Crippen LogP contribution is -2.32. The summed E-state index contributed by atoms with van der Waals surface area (Å²) in [5, 5.41) is 2.86. The number of pyridine rings is 1. The van der Waals surface area contributed by atoms with Gasteiger partial charge in [-0.25, -0.2) is 9.97 Å². The lowest BCUT2D eigenvalue weighted by Gasteiger charge is -2.17. The van der Waals surface area contributed by atoms with Gasteiger partial charge in [0.25, 0.3) is 5.91 Å². The number of carbonyl (C=O) groups is 1. The largest absolute Gasteiger partial charge is 0.481 e. The molecule has 1 amide bonds. The summed E-state index contributed by atoms with van der Waals surface area (Å²) in [7, 11) is 0. The fourth-order valence-electron chi connectivity index (χ4n) is 2.62. The highest BCUT2D eigenvalue weighted by Gasteiger charge is 2.18. The molecular formula is C20H22N4O2. The first kappa shape index (κ1) is 17.7. The number of aromatic nitrogens is 3. The standard InChI is InChI=1S/C20H22N4O2/c1-4-18(26-17-7-5-6-14(2)12-17)20(25)23-16-8-9-19(22-13-16)24-11-10-21-15(24)3/h5-13,18H,4H2,1-3H3,(H,23,25)/t18-/m0/s1. The Morgan fingerprint density at radius 2 is 2.08 bits per heavy atom. The van der Waals surface area contributed by atoms with Crippen molar-refractivity contribution in [3.05, 3.63) is 66.4 Å². The summed E-state index contributed by atoms with van der Waals surface area (Å²) < 4.78 is 7.71. The molecule has 2 aromatic heterocycles. The Labute approximate surface area is 152 Å². The number of aryl methyl sites for hydroxylation is 2. The van der Waals surface area contributed by atoms with Gasteiger partial charge in [0.2, 0.25) is 0 Å². The molecular weight excluding hydrogens is 328 g/mol. The number of ether oxygens (including phenoxy) is 1. The molecule has 0 aliphatic rings. The zero-order chi connectivity index (χ0) is 18.5. The van der Waals surface area contributed by atoms with E-state index in [9.17, 15) is 4.79 Å². The Bertz CT molecular complexity index is 887. The molecule has 0 bridgehead atoms. The molecule has 0 radical (unpaired) electrons. The highest BCUT2D eigenvalue weighted by Crippen LogP contribution is 2.17. The monoisotopic (exact) mass is 350 g/mol. The van der Waals surface area contributed by atoms with Crippen LogP contribution in [0.25, 0.3) is 5.82 Å². The Morgan fingerprint density at radius 1 is 1.23 bits per heavy atom. The summed E-state index contributed by atoms with van der Waals surface area (Å²) in [5.41, 5.74) is 1.72. The minimum atomic E-state index is -0.563. The maximum absolute atomic E-state index is 12.5. The molecule has 1 N–H and O–H groups in total. The van der Waals surface area contributed by atoms with E-state index >= 15 is 0 Å². The molecule has 0 spiro atoms. The van der Waals surface area contributed by atoms with E-state index in [4.69, 9.17) is 4.74 Å². The van der Waals surface area contributed by atoms with E-state index in [1.807, 2.05) is 67.9 Å². The van der Waals surface area contributed by atoms with Crippen molar-refractivity contribution in [1.82, 2.24) is 14.5 Å². The van der Waals surface area contributed by atoms with Crippen LogP contribution in [-0.4, -0.2) is 26.5 Å². The molecule has 0 aliphatic carbocycles. The summed E-state index contributed by atoms with van der Waals surface area (Å²) in [4.78, 5) is 21.1. The first-order valence-corrected chi connectivity index (χ1v) is 8.57. The number of nitrogens with zero attached hydrogens (tertiary/aromatic N) is 3. The van der Waals surface area contributed by atoms with E-state index in [1.54, 1.807) is 12.4 Å². The maximum Gasteiger partial charge on any atom is 0.265 e. The van der Waals surface area contributed by atoms with Crippen LogP contribution in [0.2, 0.25) is 0 Å². The van der Waals surface area contributed by atoms with Crippen molar-refractivity contribution in [3.8, 4) is 11.6 Å². The van der Waals surface area contributed by atoms with Gasteiger partial charge in [0.15, 0.2) is 6.10 Å². The Morgan fingerprint density at radius 3 is 2.69 bits per heavy atom. The van der Waals surface area contributed by atoms with E-state index in [0.717, 1.165) is 17.2 Å². The molecule has 0 unspecified atom stereocenters. The van der Waals surface area contributed by atoms with E-state index in [0.29, 0.717) is 17.9 Å². The zero-order valence-corrected chi connectivity index (χ0v) is 15.1. The second-order valence-corrected chi connectivity index (χ2v) is 6.07. The summed E-state index contributed by atoms with van der Waals surface area (Å²) in [6.07, 6.45) is 5.21. The van der Waals surface area contributed by atoms with Gasteiger partial charge in [-0.05, 0) is 50.1 Å². The predicted molar refractivity (Wildman–Crippen MR) is 101 cm³/mol. The molecule has 26 heavy (non-hydrogen) atoms. The summed E-state index contributed by atoms with van der Waals surface area (Å²) in [6.45, 7) is 5.82. The third kappa shape index (κ3) is 4.08. The molecule has 1 atom stereocenters. The lowest BCUT2D eigenvalue weighted by molar-refractivity contribution is -0.122. The number of benzene rings is 1. The van der Waals surface area contributed by atoms with Crippen LogP contribution in [0.5, 0.6) is 5.75 Å². The van der Waals surface area contributed by atoms with Crippen molar-refractivity contribution in [2.75, 3.05) is 5.32 Å². The maximum atomic E-state index is 12.5. The molecule has 0 fully saturated rings. The van der Waals surface area contributed by atoms with Crippen molar-refractivity contribution in [2.45, 2.75) is 33.3 Å². The van der Waals surface area contributed by atoms with Crippen LogP contribution >= 0.6 is 0 Å². The zero-order valence-electron chi connectivity index (χ0n) is 15.1. The van der Waals surface area contributed by atoms with Crippen molar-refractivity contribution in [1.29, 1.82) is 0 Å². The molecule has 1 aromatic carbocycles. The first-order valence-electron chi connectivity index (χ1n) is 8.57. The second-order valence-electron chi connectivity index (χ2n) is 6.07. The fraction of sp³-hybridized carbons (Fsp3) is 0.250. The quantitative estimate of drug-likeness (QED) is 0.736. The number of nitrogens with one attached hydrogen (secondary N) is 1. The molecule has 0 saturated heterocycles. The topological polar surface area (TPSA) is 69.0 Å². The van der Waals surface area contributed by atoms with Gasteiger partial charge < -0.3 is 10.1 Å². The van der Waals surface area contributed by atoms with Gasteiger partial charge in [0.1, 0.15) is 17.4 Å². The number of imidazole rings is 1. The average Bonchev–Trinajstić information content (AvgIpc) is 3.06. The average molecular weight is 350 g/mol. The molecule has 0 saturated carbocycles. The molecule has 6 nitrogen and oxygen atoms in total. The Hall–Kier alpha value is -3.15. The molecule has 0 aliphatic heterocycles. The predicted octanol–water partition coefficient (Wildman–Crippen LogP) is 3.68. The van der Waals surface area contributed by atoms with Crippen molar-refractivity contribution in [3.63, 3.8) is 0 Å². The van der Waals surface area contributed by atoms with Crippen molar-refractivity contribution in [2.24, 2.45) is 0 Å². The van der Waals surface area contributed by atoms with Crippen molar-refractivity contribution < 1.29 is 9.53 Å². The van der Waals surface area contributed by atoms with Gasteiger partial charge in [-0.3, -0.25) is 9.36 Å². The molecule has 3 rings (SSSR count). The van der Waals surface area contributed by atoms with E-state index in [2.05, 4.69) is 15.3 Å². The second kappa shape index (κ2) is 7.82. The minimum absolute atomic E-state index is 0.192. The smallest absolute Gasteiger partial charge is 0.265 e. The van der Waals surface area contributed by atoms with Crippen LogP contribution in [0, 0.1) is 13.8 Å². The van der Waals surface area contributed by atoms with Crippen LogP contribution < -0.4 is 10.1 Å². The lowest BCUT2D eigenvalue weighted by atomic mass is 10.2. The SMILES string of the molecule is CC[C@H](Oc1cccc(C)c1)C(=O)Nc1ccc(-n2ccnc2C)nc1. The molecule has 2 heterocycles. The van der Waals surface area contributed by atoms with E-state index < -0.39 is 6.10 Å². The third-order valence-electron chi connectivity index (χ3n) is 4.02.